The predicted octanol–water partition coefficient (Wildman–Crippen LogP) is 1.23. The molecular weight excluding hydrogens is 210 g/mol. The summed E-state index contributed by atoms with van der Waals surface area (Å²) in [7, 11) is 0. The third-order valence-electron chi connectivity index (χ3n) is 2.60. The predicted molar refractivity (Wildman–Crippen MR) is 60.2 cm³/mol. The van der Waals surface area contributed by atoms with Crippen molar-refractivity contribution in [1.29, 1.82) is 0 Å². The number of hydrogen-bond acceptors (Lipinski definition) is 3. The van der Waals surface area contributed by atoms with E-state index in [9.17, 15) is 4.79 Å². The molecule has 3 nitrogen and oxygen atoms in total. The highest BCUT2D eigenvalue weighted by Gasteiger charge is 2.28. The molecule has 4 heteroatoms. The smallest absolute Gasteiger partial charge is 0.252 e. The van der Waals surface area contributed by atoms with E-state index >= 15 is 0 Å². The molecule has 1 aromatic rings. The number of carbonyl (C=O) groups is 1. The molecule has 1 aliphatic carbocycles. The van der Waals surface area contributed by atoms with Crippen molar-refractivity contribution in [1.82, 2.24) is 5.32 Å². The monoisotopic (exact) mass is 223 g/mol. The molecule has 2 N–H and O–H groups in total. The van der Waals surface area contributed by atoms with Gasteiger partial charge in [-0.3, -0.25) is 4.79 Å². The average molecular weight is 223 g/mol. The topological polar surface area (TPSA) is 49.3 Å². The lowest BCUT2D eigenvalue weighted by Gasteiger charge is -2.32. The summed E-state index contributed by atoms with van der Waals surface area (Å²) >= 11 is 4.21. The van der Waals surface area contributed by atoms with Crippen LogP contribution >= 0.6 is 12.6 Å². The second kappa shape index (κ2) is 4.24. The zero-order chi connectivity index (χ0) is 10.8. The molecule has 15 heavy (non-hydrogen) atoms. The lowest BCUT2D eigenvalue weighted by molar-refractivity contribution is 0.0561. The largest absolute Gasteiger partial charge is 0.393 e. The summed E-state index contributed by atoms with van der Waals surface area (Å²) in [5.41, 5.74) is 0.585. The number of aliphatic hydroxyl groups is 1. The molecule has 0 saturated heterocycles. The molecule has 80 valence electrons. The Morgan fingerprint density at radius 1 is 1.40 bits per heavy atom. The Balaban J connectivity index is 1.99. The maximum Gasteiger partial charge on any atom is 0.252 e. The molecule has 0 spiro atoms. The summed E-state index contributed by atoms with van der Waals surface area (Å²) in [6.07, 6.45) is 1.06. The fourth-order valence-corrected chi connectivity index (χ4v) is 1.90. The van der Waals surface area contributed by atoms with E-state index < -0.39 is 0 Å². The lowest BCUT2D eigenvalue weighted by atomic mass is 9.89. The van der Waals surface area contributed by atoms with Gasteiger partial charge in [-0.25, -0.2) is 0 Å². The minimum atomic E-state index is -0.249. The average Bonchev–Trinajstić information content (AvgIpc) is 2.16. The maximum atomic E-state index is 11.7. The maximum absolute atomic E-state index is 11.7. The van der Waals surface area contributed by atoms with Gasteiger partial charge in [0.2, 0.25) is 0 Å². The third kappa shape index (κ3) is 2.33. The van der Waals surface area contributed by atoms with E-state index in [1.807, 2.05) is 12.1 Å². The van der Waals surface area contributed by atoms with Crippen LogP contribution in [-0.2, 0) is 0 Å². The molecule has 1 aliphatic rings. The van der Waals surface area contributed by atoms with E-state index in [0.29, 0.717) is 23.3 Å². The fraction of sp³-hybridized carbons (Fsp3) is 0.364. The summed E-state index contributed by atoms with van der Waals surface area (Å²) < 4.78 is 0. The van der Waals surface area contributed by atoms with E-state index in [-0.39, 0.29) is 18.1 Å². The van der Waals surface area contributed by atoms with Gasteiger partial charge in [-0.15, -0.1) is 12.6 Å². The minimum Gasteiger partial charge on any atom is -0.393 e. The van der Waals surface area contributed by atoms with Crippen LogP contribution < -0.4 is 5.32 Å². The van der Waals surface area contributed by atoms with Crippen molar-refractivity contribution in [2.75, 3.05) is 0 Å². The summed E-state index contributed by atoms with van der Waals surface area (Å²) in [5, 5.41) is 11.9. The number of aliphatic hydroxyl groups excluding tert-OH is 1. The highest BCUT2D eigenvalue weighted by atomic mass is 32.1. The first kappa shape index (κ1) is 10.5. The molecule has 0 heterocycles. The van der Waals surface area contributed by atoms with E-state index in [1.54, 1.807) is 12.1 Å². The third-order valence-corrected chi connectivity index (χ3v) is 2.99. The number of thiol groups is 1. The Kier molecular flexibility index (Phi) is 2.98. The van der Waals surface area contributed by atoms with Crippen LogP contribution in [0.2, 0.25) is 0 Å². The van der Waals surface area contributed by atoms with Crippen molar-refractivity contribution < 1.29 is 9.90 Å². The molecule has 2 rings (SSSR count). The Hall–Kier alpha value is -1.00. The molecule has 0 aromatic heterocycles. The first-order chi connectivity index (χ1) is 7.16. The molecule has 1 aromatic carbocycles. The lowest BCUT2D eigenvalue weighted by Crippen LogP contribution is -2.46. The van der Waals surface area contributed by atoms with E-state index in [1.165, 1.54) is 0 Å². The molecule has 1 saturated carbocycles. The Labute approximate surface area is 93.9 Å². The number of carbonyl (C=O) groups excluding carboxylic acids is 1. The van der Waals surface area contributed by atoms with Gasteiger partial charge < -0.3 is 10.4 Å². The SMILES string of the molecule is O=C(NC1CC(O)C1)c1ccccc1S. The normalized spacial score (nSPS) is 24.4. The highest BCUT2D eigenvalue weighted by molar-refractivity contribution is 7.80. The van der Waals surface area contributed by atoms with Crippen molar-refractivity contribution in [3.63, 3.8) is 0 Å². The number of rotatable bonds is 2. The van der Waals surface area contributed by atoms with Crippen molar-refractivity contribution >= 4 is 18.5 Å². The standard InChI is InChI=1S/C11H13NO2S/c13-8-5-7(6-8)12-11(14)9-3-1-2-4-10(9)15/h1-4,7-8,13,15H,5-6H2,(H,12,14). The molecule has 1 amide bonds. The van der Waals surface area contributed by atoms with Crippen molar-refractivity contribution in [3.8, 4) is 0 Å². The molecule has 0 bridgehead atoms. The van der Waals surface area contributed by atoms with Crippen LogP contribution in [0.4, 0.5) is 0 Å². The second-order valence-electron chi connectivity index (χ2n) is 3.81. The van der Waals surface area contributed by atoms with Crippen LogP contribution in [0.15, 0.2) is 29.2 Å². The number of benzene rings is 1. The zero-order valence-electron chi connectivity index (χ0n) is 8.18. The van der Waals surface area contributed by atoms with Crippen LogP contribution in [0, 0.1) is 0 Å². The van der Waals surface area contributed by atoms with Crippen LogP contribution in [-0.4, -0.2) is 23.2 Å². The fourth-order valence-electron chi connectivity index (χ4n) is 1.63. The minimum absolute atomic E-state index is 0.112. The molecule has 1 fully saturated rings. The highest BCUT2D eigenvalue weighted by Crippen LogP contribution is 2.20. The number of hydrogen-bond donors (Lipinski definition) is 3. The van der Waals surface area contributed by atoms with Crippen LogP contribution in [0.25, 0.3) is 0 Å². The van der Waals surface area contributed by atoms with Gasteiger partial charge in [-0.05, 0) is 25.0 Å². The quantitative estimate of drug-likeness (QED) is 0.660. The van der Waals surface area contributed by atoms with Crippen LogP contribution in [0.3, 0.4) is 0 Å². The van der Waals surface area contributed by atoms with Gasteiger partial charge >= 0.3 is 0 Å². The Bertz CT molecular complexity index is 375. The number of amides is 1. The van der Waals surface area contributed by atoms with Crippen molar-refractivity contribution in [2.24, 2.45) is 0 Å². The number of nitrogens with one attached hydrogen (secondary N) is 1. The van der Waals surface area contributed by atoms with Gasteiger partial charge in [0.05, 0.1) is 11.7 Å². The first-order valence-electron chi connectivity index (χ1n) is 4.93. The summed E-state index contributed by atoms with van der Waals surface area (Å²) in [6, 6.07) is 7.29. The van der Waals surface area contributed by atoms with Crippen LogP contribution in [0.1, 0.15) is 23.2 Å². The summed E-state index contributed by atoms with van der Waals surface area (Å²) in [5.74, 6) is -0.113. The van der Waals surface area contributed by atoms with Crippen molar-refractivity contribution in [3.05, 3.63) is 29.8 Å². The Morgan fingerprint density at radius 3 is 2.67 bits per heavy atom. The summed E-state index contributed by atoms with van der Waals surface area (Å²) in [6.45, 7) is 0. The molecule has 0 unspecified atom stereocenters. The van der Waals surface area contributed by atoms with E-state index in [0.717, 1.165) is 0 Å². The van der Waals surface area contributed by atoms with Gasteiger partial charge in [-0.2, -0.15) is 0 Å². The van der Waals surface area contributed by atoms with Crippen LogP contribution in [0.5, 0.6) is 0 Å². The Morgan fingerprint density at radius 2 is 2.07 bits per heavy atom. The van der Waals surface area contributed by atoms with E-state index in [4.69, 9.17) is 5.11 Å². The molecule has 0 atom stereocenters. The molecule has 0 radical (unpaired) electrons. The zero-order valence-corrected chi connectivity index (χ0v) is 9.08. The van der Waals surface area contributed by atoms with Gasteiger partial charge in [-0.1, -0.05) is 12.1 Å². The van der Waals surface area contributed by atoms with Gasteiger partial charge in [0.25, 0.3) is 5.91 Å². The summed E-state index contributed by atoms with van der Waals surface area (Å²) in [4.78, 5) is 12.4. The molecule has 0 aliphatic heterocycles. The van der Waals surface area contributed by atoms with Gasteiger partial charge in [0.15, 0.2) is 0 Å². The van der Waals surface area contributed by atoms with Gasteiger partial charge in [0, 0.05) is 10.9 Å². The van der Waals surface area contributed by atoms with Crippen molar-refractivity contribution in [2.45, 2.75) is 29.9 Å². The first-order valence-corrected chi connectivity index (χ1v) is 5.38. The molecular formula is C11H13NO2S. The van der Waals surface area contributed by atoms with Gasteiger partial charge in [0.1, 0.15) is 0 Å². The second-order valence-corrected chi connectivity index (χ2v) is 4.29. The van der Waals surface area contributed by atoms with E-state index in [2.05, 4.69) is 17.9 Å².